The number of nitrogens with zero attached hydrogens (tertiary/aromatic N) is 1. The third-order valence-corrected chi connectivity index (χ3v) is 2.33. The lowest BCUT2D eigenvalue weighted by molar-refractivity contribution is -0.162. The van der Waals surface area contributed by atoms with Crippen molar-refractivity contribution in [2.24, 2.45) is 0 Å². The number of ether oxygens (including phenoxy) is 1. The Morgan fingerprint density at radius 3 is 2.50 bits per heavy atom. The minimum atomic E-state index is -4.45. The number of unbranched alkanes of at least 4 members (excludes halogenated alkanes) is 1. The van der Waals surface area contributed by atoms with Crippen molar-refractivity contribution < 1.29 is 22.7 Å². The van der Waals surface area contributed by atoms with Crippen molar-refractivity contribution in [3.8, 4) is 0 Å². The van der Waals surface area contributed by atoms with E-state index in [1.54, 1.807) is 0 Å². The van der Waals surface area contributed by atoms with E-state index in [1.165, 1.54) is 4.90 Å². The molecule has 1 aliphatic rings. The fraction of sp³-hybridized carbons (Fsp3) is 0.900. The van der Waals surface area contributed by atoms with Crippen molar-refractivity contribution in [3.05, 3.63) is 0 Å². The highest BCUT2D eigenvalue weighted by molar-refractivity contribution is 5.68. The van der Waals surface area contributed by atoms with E-state index in [2.05, 4.69) is 4.74 Å². The fourth-order valence-electron chi connectivity index (χ4n) is 1.36. The second-order valence-electron chi connectivity index (χ2n) is 3.95. The van der Waals surface area contributed by atoms with Crippen LogP contribution in [-0.2, 0) is 4.74 Å². The molecule has 0 aliphatic heterocycles. The van der Waals surface area contributed by atoms with Crippen molar-refractivity contribution >= 4 is 6.09 Å². The maximum Gasteiger partial charge on any atom is 0.422 e. The molecule has 1 amide bonds. The molecule has 3 nitrogen and oxygen atoms in total. The van der Waals surface area contributed by atoms with Crippen LogP contribution in [0.5, 0.6) is 0 Å². The van der Waals surface area contributed by atoms with Gasteiger partial charge in [0.2, 0.25) is 0 Å². The summed E-state index contributed by atoms with van der Waals surface area (Å²) in [6.07, 6.45) is -1.87. The van der Waals surface area contributed by atoms with E-state index in [1.807, 2.05) is 6.92 Å². The zero-order valence-electron chi connectivity index (χ0n) is 9.22. The molecule has 0 radical (unpaired) electrons. The van der Waals surface area contributed by atoms with Crippen LogP contribution in [0.25, 0.3) is 0 Å². The highest BCUT2D eigenvalue weighted by atomic mass is 19.4. The van der Waals surface area contributed by atoms with Gasteiger partial charge in [-0.2, -0.15) is 13.2 Å². The van der Waals surface area contributed by atoms with Gasteiger partial charge in [-0.3, -0.25) is 0 Å². The lowest BCUT2D eigenvalue weighted by atomic mass is 10.3. The van der Waals surface area contributed by atoms with Crippen LogP contribution >= 0.6 is 0 Å². The molecule has 0 atom stereocenters. The van der Waals surface area contributed by atoms with E-state index in [9.17, 15) is 18.0 Å². The normalized spacial score (nSPS) is 16.0. The molecule has 0 aromatic carbocycles. The summed E-state index contributed by atoms with van der Waals surface area (Å²) in [4.78, 5) is 12.8. The Bertz CT molecular complexity index is 239. The Balaban J connectivity index is 2.35. The zero-order chi connectivity index (χ0) is 12.2. The van der Waals surface area contributed by atoms with Crippen LogP contribution in [0, 0.1) is 0 Å². The van der Waals surface area contributed by atoms with E-state index in [4.69, 9.17) is 0 Å². The molecule has 0 unspecified atom stereocenters. The lowest BCUT2D eigenvalue weighted by Gasteiger charge is -2.21. The zero-order valence-corrected chi connectivity index (χ0v) is 9.22. The third-order valence-electron chi connectivity index (χ3n) is 2.33. The average Bonchev–Trinajstić information content (AvgIpc) is 2.98. The van der Waals surface area contributed by atoms with Crippen molar-refractivity contribution in [2.45, 2.75) is 44.8 Å². The topological polar surface area (TPSA) is 29.5 Å². The molecule has 0 N–H and O–H groups in total. The Labute approximate surface area is 92.5 Å². The molecule has 0 saturated heterocycles. The molecule has 1 aliphatic carbocycles. The summed E-state index contributed by atoms with van der Waals surface area (Å²) >= 11 is 0. The van der Waals surface area contributed by atoms with Gasteiger partial charge in [0.05, 0.1) is 0 Å². The number of hydrogen-bond donors (Lipinski definition) is 0. The molecule has 0 heterocycles. The fourth-order valence-corrected chi connectivity index (χ4v) is 1.36. The summed E-state index contributed by atoms with van der Waals surface area (Å²) in [7, 11) is 0. The Kier molecular flexibility index (Phi) is 4.44. The smallest absolute Gasteiger partial charge is 0.422 e. The number of carbonyl (C=O) groups is 1. The first-order valence-corrected chi connectivity index (χ1v) is 5.44. The summed E-state index contributed by atoms with van der Waals surface area (Å²) in [6, 6.07) is 0.0901. The molecule has 16 heavy (non-hydrogen) atoms. The summed E-state index contributed by atoms with van der Waals surface area (Å²) in [6.45, 7) is 0.950. The maximum absolute atomic E-state index is 11.9. The SMILES string of the molecule is CCCCN(C(=O)OCC(F)(F)F)C1CC1. The van der Waals surface area contributed by atoms with Crippen LogP contribution in [0.2, 0.25) is 0 Å². The van der Waals surface area contributed by atoms with Crippen LogP contribution in [0.4, 0.5) is 18.0 Å². The van der Waals surface area contributed by atoms with Gasteiger partial charge >= 0.3 is 12.3 Å². The molecule has 1 fully saturated rings. The molecule has 94 valence electrons. The van der Waals surface area contributed by atoms with Gasteiger partial charge in [0.25, 0.3) is 0 Å². The predicted octanol–water partition coefficient (Wildman–Crippen LogP) is 2.95. The number of rotatable bonds is 5. The Morgan fingerprint density at radius 2 is 2.06 bits per heavy atom. The van der Waals surface area contributed by atoms with Crippen molar-refractivity contribution in [1.29, 1.82) is 0 Å². The molecule has 6 heteroatoms. The van der Waals surface area contributed by atoms with Gasteiger partial charge in [0, 0.05) is 12.6 Å². The Morgan fingerprint density at radius 1 is 1.44 bits per heavy atom. The van der Waals surface area contributed by atoms with E-state index in [0.717, 1.165) is 25.7 Å². The molecular weight excluding hydrogens is 223 g/mol. The molecular formula is C10H16F3NO2. The molecule has 1 saturated carbocycles. The highest BCUT2D eigenvalue weighted by Gasteiger charge is 2.35. The van der Waals surface area contributed by atoms with E-state index < -0.39 is 18.9 Å². The summed E-state index contributed by atoms with van der Waals surface area (Å²) in [5, 5.41) is 0. The summed E-state index contributed by atoms with van der Waals surface area (Å²) in [5.41, 5.74) is 0. The van der Waals surface area contributed by atoms with Gasteiger partial charge in [-0.05, 0) is 19.3 Å². The van der Waals surface area contributed by atoms with Gasteiger partial charge in [0.15, 0.2) is 6.61 Å². The van der Waals surface area contributed by atoms with E-state index in [-0.39, 0.29) is 6.04 Å². The summed E-state index contributed by atoms with van der Waals surface area (Å²) in [5.74, 6) is 0. The second kappa shape index (κ2) is 5.41. The molecule has 0 aromatic rings. The van der Waals surface area contributed by atoms with Crippen LogP contribution in [-0.4, -0.2) is 36.4 Å². The van der Waals surface area contributed by atoms with Crippen molar-refractivity contribution in [3.63, 3.8) is 0 Å². The number of amides is 1. The second-order valence-corrected chi connectivity index (χ2v) is 3.95. The van der Waals surface area contributed by atoms with E-state index >= 15 is 0 Å². The molecule has 0 bridgehead atoms. The predicted molar refractivity (Wildman–Crippen MR) is 52.0 cm³/mol. The summed E-state index contributed by atoms with van der Waals surface area (Å²) < 4.78 is 39.8. The first kappa shape index (κ1) is 13.1. The van der Waals surface area contributed by atoms with Crippen molar-refractivity contribution in [1.82, 2.24) is 4.90 Å². The number of halogens is 3. The monoisotopic (exact) mass is 239 g/mol. The molecule has 0 aromatic heterocycles. The van der Waals surface area contributed by atoms with Gasteiger partial charge in [-0.15, -0.1) is 0 Å². The van der Waals surface area contributed by atoms with Gasteiger partial charge < -0.3 is 9.64 Å². The van der Waals surface area contributed by atoms with Crippen LogP contribution in [0.15, 0.2) is 0 Å². The van der Waals surface area contributed by atoms with Gasteiger partial charge in [-0.25, -0.2) is 4.79 Å². The third kappa shape index (κ3) is 4.72. The standard InChI is InChI=1S/C10H16F3NO2/c1-2-3-6-14(8-4-5-8)9(15)16-7-10(11,12)13/h8H,2-7H2,1H3. The van der Waals surface area contributed by atoms with Gasteiger partial charge in [-0.1, -0.05) is 13.3 Å². The molecule has 1 rings (SSSR count). The number of alkyl halides is 3. The maximum atomic E-state index is 11.9. The average molecular weight is 239 g/mol. The highest BCUT2D eigenvalue weighted by Crippen LogP contribution is 2.28. The first-order chi connectivity index (χ1) is 7.44. The molecule has 0 spiro atoms. The minimum Gasteiger partial charge on any atom is -0.440 e. The van der Waals surface area contributed by atoms with E-state index in [0.29, 0.717) is 6.54 Å². The minimum absolute atomic E-state index is 0.0901. The number of carbonyl (C=O) groups excluding carboxylic acids is 1. The van der Waals surface area contributed by atoms with Crippen molar-refractivity contribution in [2.75, 3.05) is 13.2 Å². The largest absolute Gasteiger partial charge is 0.440 e. The lowest BCUT2D eigenvalue weighted by Crippen LogP contribution is -2.36. The Hall–Kier alpha value is -0.940. The quantitative estimate of drug-likeness (QED) is 0.738. The first-order valence-electron chi connectivity index (χ1n) is 5.44. The van der Waals surface area contributed by atoms with Crippen LogP contribution in [0.3, 0.4) is 0 Å². The van der Waals surface area contributed by atoms with Crippen LogP contribution < -0.4 is 0 Å². The van der Waals surface area contributed by atoms with Gasteiger partial charge in [0.1, 0.15) is 0 Å². The number of hydrogen-bond acceptors (Lipinski definition) is 2. The van der Waals surface area contributed by atoms with Crippen LogP contribution in [0.1, 0.15) is 32.6 Å².